The summed E-state index contributed by atoms with van der Waals surface area (Å²) < 4.78 is 28.5. The Hall–Kier alpha value is -1.40. The summed E-state index contributed by atoms with van der Waals surface area (Å²) in [6.07, 6.45) is 0.422. The number of alkyl halides is 2. The Morgan fingerprint density at radius 1 is 1.45 bits per heavy atom. The van der Waals surface area contributed by atoms with Crippen molar-refractivity contribution in [1.29, 1.82) is 0 Å². The van der Waals surface area contributed by atoms with Crippen LogP contribution in [0.5, 0.6) is 0 Å². The van der Waals surface area contributed by atoms with Crippen molar-refractivity contribution in [1.82, 2.24) is 5.32 Å². The fourth-order valence-electron chi connectivity index (χ4n) is 2.59. The molecule has 0 spiro atoms. The Morgan fingerprint density at radius 3 is 2.95 bits per heavy atom. The summed E-state index contributed by atoms with van der Waals surface area (Å²) in [6, 6.07) is 5.69. The van der Waals surface area contributed by atoms with Crippen LogP contribution in [0, 0.1) is 0 Å². The standard InChI is InChI=1S/C15H20F2N2O2.ClH/c16-14(17)9-21-7-6-15(20)19-13-3-1-2-10-8-11(18)4-5-12(10)13;/h4-5,8,13-14H,1-3,6-7,9,18H2,(H,19,20);1H. The van der Waals surface area contributed by atoms with Gasteiger partial charge in [0.1, 0.15) is 6.61 Å². The van der Waals surface area contributed by atoms with Crippen molar-refractivity contribution in [3.05, 3.63) is 29.3 Å². The van der Waals surface area contributed by atoms with Crippen LogP contribution in [0.3, 0.4) is 0 Å². The number of rotatable bonds is 6. The summed E-state index contributed by atoms with van der Waals surface area (Å²) in [6.45, 7) is -0.615. The molecule has 0 fully saturated rings. The smallest absolute Gasteiger partial charge is 0.261 e. The normalized spacial score (nSPS) is 16.8. The lowest BCUT2D eigenvalue weighted by Crippen LogP contribution is -2.31. The maximum absolute atomic E-state index is 11.9. The predicted octanol–water partition coefficient (Wildman–Crippen LogP) is 2.86. The summed E-state index contributed by atoms with van der Waals surface area (Å²) >= 11 is 0. The fourth-order valence-corrected chi connectivity index (χ4v) is 2.59. The van der Waals surface area contributed by atoms with Crippen molar-refractivity contribution < 1.29 is 18.3 Å². The Bertz CT molecular complexity index is 500. The quantitative estimate of drug-likeness (QED) is 0.621. The molecule has 1 aliphatic carbocycles. The number of carbonyl (C=O) groups excluding carboxylic acids is 1. The molecule has 0 heterocycles. The van der Waals surface area contributed by atoms with Crippen molar-refractivity contribution in [2.45, 2.75) is 38.2 Å². The number of hydrogen-bond donors (Lipinski definition) is 2. The number of anilines is 1. The van der Waals surface area contributed by atoms with Crippen molar-refractivity contribution in [2.75, 3.05) is 18.9 Å². The van der Waals surface area contributed by atoms with Crippen molar-refractivity contribution in [3.8, 4) is 0 Å². The molecule has 1 amide bonds. The highest BCUT2D eigenvalue weighted by Gasteiger charge is 2.21. The second kappa shape index (κ2) is 8.90. The van der Waals surface area contributed by atoms with Crippen molar-refractivity contribution >= 4 is 24.0 Å². The average Bonchev–Trinajstić information content (AvgIpc) is 2.43. The molecular formula is C15H21ClF2N2O2. The Balaban J connectivity index is 0.00000242. The number of aryl methyl sites for hydroxylation is 1. The molecule has 1 aromatic carbocycles. The monoisotopic (exact) mass is 334 g/mol. The largest absolute Gasteiger partial charge is 0.399 e. The van der Waals surface area contributed by atoms with Crippen LogP contribution >= 0.6 is 12.4 Å². The maximum Gasteiger partial charge on any atom is 0.261 e. The first kappa shape index (κ1) is 18.6. The third-order valence-electron chi connectivity index (χ3n) is 3.53. The van der Waals surface area contributed by atoms with E-state index in [-0.39, 0.29) is 37.4 Å². The lowest BCUT2D eigenvalue weighted by Gasteiger charge is -2.26. The second-order valence-corrected chi connectivity index (χ2v) is 5.19. The molecule has 0 aromatic heterocycles. The van der Waals surface area contributed by atoms with Crippen LogP contribution in [-0.2, 0) is 16.0 Å². The number of nitrogens with one attached hydrogen (secondary N) is 1. The molecule has 0 aliphatic heterocycles. The summed E-state index contributed by atoms with van der Waals surface area (Å²) in [5.74, 6) is -0.182. The van der Waals surface area contributed by atoms with E-state index >= 15 is 0 Å². The minimum absolute atomic E-state index is 0. The lowest BCUT2D eigenvalue weighted by atomic mass is 9.87. The molecule has 3 N–H and O–H groups in total. The molecule has 1 aliphatic rings. The Morgan fingerprint density at radius 2 is 2.23 bits per heavy atom. The molecular weight excluding hydrogens is 314 g/mol. The van der Waals surface area contributed by atoms with E-state index in [4.69, 9.17) is 10.5 Å². The molecule has 0 radical (unpaired) electrons. The zero-order valence-electron chi connectivity index (χ0n) is 12.2. The minimum Gasteiger partial charge on any atom is -0.399 e. The highest BCUT2D eigenvalue weighted by molar-refractivity contribution is 5.85. The van der Waals surface area contributed by atoms with Gasteiger partial charge in [-0.15, -0.1) is 12.4 Å². The first-order valence-corrected chi connectivity index (χ1v) is 7.10. The molecule has 2 rings (SSSR count). The highest BCUT2D eigenvalue weighted by atomic mass is 35.5. The summed E-state index contributed by atoms with van der Waals surface area (Å²) in [7, 11) is 0. The van der Waals surface area contributed by atoms with E-state index in [0.29, 0.717) is 0 Å². The van der Waals surface area contributed by atoms with Gasteiger partial charge in [-0.1, -0.05) is 6.07 Å². The van der Waals surface area contributed by atoms with Gasteiger partial charge < -0.3 is 15.8 Å². The first-order chi connectivity index (χ1) is 10.1. The molecule has 1 atom stereocenters. The van der Waals surface area contributed by atoms with E-state index in [1.54, 1.807) is 0 Å². The molecule has 4 nitrogen and oxygen atoms in total. The zero-order valence-corrected chi connectivity index (χ0v) is 13.0. The van der Waals surface area contributed by atoms with Crippen LogP contribution in [0.2, 0.25) is 0 Å². The summed E-state index contributed by atoms with van der Waals surface area (Å²) in [5, 5.41) is 2.94. The molecule has 0 bridgehead atoms. The number of carbonyl (C=O) groups is 1. The summed E-state index contributed by atoms with van der Waals surface area (Å²) in [4.78, 5) is 11.8. The van der Waals surface area contributed by atoms with Gasteiger partial charge in [-0.2, -0.15) is 0 Å². The first-order valence-electron chi connectivity index (χ1n) is 7.10. The minimum atomic E-state index is -2.50. The number of amides is 1. The number of ether oxygens (including phenoxy) is 1. The maximum atomic E-state index is 11.9. The second-order valence-electron chi connectivity index (χ2n) is 5.19. The number of nitrogens with two attached hydrogens (primary N) is 1. The van der Waals surface area contributed by atoms with E-state index in [2.05, 4.69) is 5.32 Å². The van der Waals surface area contributed by atoms with Crippen LogP contribution < -0.4 is 11.1 Å². The molecule has 1 unspecified atom stereocenters. The van der Waals surface area contributed by atoms with Gasteiger partial charge in [-0.3, -0.25) is 4.79 Å². The predicted molar refractivity (Wildman–Crippen MR) is 83.4 cm³/mol. The van der Waals surface area contributed by atoms with Gasteiger partial charge in [-0.25, -0.2) is 8.78 Å². The van der Waals surface area contributed by atoms with Crippen LogP contribution in [0.1, 0.15) is 36.4 Å². The number of benzene rings is 1. The fraction of sp³-hybridized carbons (Fsp3) is 0.533. The SMILES string of the molecule is Cl.Nc1ccc2c(c1)CCCC2NC(=O)CCOCC(F)F. The summed E-state index contributed by atoms with van der Waals surface area (Å²) in [5.41, 5.74) is 8.75. The van der Waals surface area contributed by atoms with Gasteiger partial charge in [0, 0.05) is 12.1 Å². The topological polar surface area (TPSA) is 64.3 Å². The highest BCUT2D eigenvalue weighted by Crippen LogP contribution is 2.30. The number of fused-ring (bicyclic) bond motifs is 1. The Labute approximate surface area is 134 Å². The van der Waals surface area contributed by atoms with Crippen LogP contribution in [0.4, 0.5) is 14.5 Å². The van der Waals surface area contributed by atoms with Gasteiger partial charge in [0.25, 0.3) is 6.43 Å². The molecule has 0 saturated carbocycles. The number of nitrogen functional groups attached to an aromatic ring is 1. The van der Waals surface area contributed by atoms with E-state index in [1.165, 1.54) is 5.56 Å². The van der Waals surface area contributed by atoms with Crippen LogP contribution in [0.15, 0.2) is 18.2 Å². The average molecular weight is 335 g/mol. The van der Waals surface area contributed by atoms with E-state index < -0.39 is 13.0 Å². The van der Waals surface area contributed by atoms with Crippen molar-refractivity contribution in [2.24, 2.45) is 0 Å². The van der Waals surface area contributed by atoms with Gasteiger partial charge in [0.15, 0.2) is 0 Å². The number of halogens is 3. The molecule has 22 heavy (non-hydrogen) atoms. The van der Waals surface area contributed by atoms with Crippen LogP contribution in [0.25, 0.3) is 0 Å². The van der Waals surface area contributed by atoms with E-state index in [1.807, 2.05) is 18.2 Å². The van der Waals surface area contributed by atoms with Gasteiger partial charge >= 0.3 is 0 Å². The number of hydrogen-bond acceptors (Lipinski definition) is 3. The lowest BCUT2D eigenvalue weighted by molar-refractivity contribution is -0.123. The third kappa shape index (κ3) is 5.42. The van der Waals surface area contributed by atoms with Crippen LogP contribution in [-0.4, -0.2) is 25.5 Å². The molecule has 124 valence electrons. The zero-order chi connectivity index (χ0) is 15.2. The van der Waals surface area contributed by atoms with Gasteiger partial charge in [-0.05, 0) is 42.5 Å². The van der Waals surface area contributed by atoms with E-state index in [9.17, 15) is 13.6 Å². The third-order valence-corrected chi connectivity index (χ3v) is 3.53. The molecule has 0 saturated heterocycles. The van der Waals surface area contributed by atoms with E-state index in [0.717, 1.165) is 30.5 Å². The molecule has 7 heteroatoms. The van der Waals surface area contributed by atoms with Gasteiger partial charge in [0.2, 0.25) is 5.91 Å². The molecule has 1 aromatic rings. The van der Waals surface area contributed by atoms with Crippen molar-refractivity contribution in [3.63, 3.8) is 0 Å². The Kier molecular flexibility index (Phi) is 7.55. The van der Waals surface area contributed by atoms with Gasteiger partial charge in [0.05, 0.1) is 12.6 Å².